The number of unbranched alkanes of at least 4 members (excludes halogenated alkanes) is 3. The number of aliphatic hydroxyl groups is 1. The fraction of sp³-hybridized carbons (Fsp3) is 0.478. The molecule has 0 amide bonds. The first-order valence-electron chi connectivity index (χ1n) is 10.7. The van der Waals surface area contributed by atoms with Gasteiger partial charge in [0.2, 0.25) is 0 Å². The second-order valence-electron chi connectivity index (χ2n) is 7.37. The highest BCUT2D eigenvalue weighted by atomic mass is 16.6. The lowest BCUT2D eigenvalue weighted by molar-refractivity contribution is -0.384. The fourth-order valence-electron chi connectivity index (χ4n) is 3.31. The van der Waals surface area contributed by atoms with Crippen molar-refractivity contribution in [2.24, 2.45) is 10.2 Å². The third-order valence-electron chi connectivity index (χ3n) is 5.07. The summed E-state index contributed by atoms with van der Waals surface area (Å²) in [6, 6.07) is 13.9. The number of aliphatic hydroxyl groups excluding tert-OH is 1. The molecule has 0 fully saturated rings. The Morgan fingerprint density at radius 2 is 1.50 bits per heavy atom. The molecule has 1 N–H and O–H groups in total. The molecule has 0 saturated heterocycles. The highest BCUT2D eigenvalue weighted by Gasteiger charge is 2.17. The molecule has 162 valence electrons. The fourth-order valence-corrected chi connectivity index (χ4v) is 3.31. The molecule has 2 rings (SSSR count). The number of nitro groups is 1. The molecule has 0 aliphatic carbocycles. The number of anilines is 1. The molecule has 0 aliphatic heterocycles. The maximum absolute atomic E-state index is 10.7. The van der Waals surface area contributed by atoms with Crippen molar-refractivity contribution in [3.63, 3.8) is 0 Å². The van der Waals surface area contributed by atoms with Gasteiger partial charge in [0.05, 0.1) is 28.9 Å². The van der Waals surface area contributed by atoms with Crippen molar-refractivity contribution in [1.29, 1.82) is 0 Å². The summed E-state index contributed by atoms with van der Waals surface area (Å²) in [5.74, 6) is 0. The number of nitro benzene ring substituents is 1. The number of azo groups is 1. The monoisotopic (exact) mass is 412 g/mol. The Labute approximate surface area is 178 Å². The van der Waals surface area contributed by atoms with Crippen LogP contribution in [0.2, 0.25) is 0 Å². The van der Waals surface area contributed by atoms with Gasteiger partial charge in [0, 0.05) is 24.4 Å². The Morgan fingerprint density at radius 1 is 0.933 bits per heavy atom. The summed E-state index contributed by atoms with van der Waals surface area (Å²) < 4.78 is 0. The minimum Gasteiger partial charge on any atom is -0.394 e. The number of benzene rings is 2. The molecule has 0 saturated carbocycles. The van der Waals surface area contributed by atoms with Crippen LogP contribution in [0.15, 0.2) is 58.8 Å². The molecule has 0 aromatic heterocycles. The third-order valence-corrected chi connectivity index (χ3v) is 5.07. The quantitative estimate of drug-likeness (QED) is 0.175. The maximum Gasteiger partial charge on any atom is 0.269 e. The normalized spacial score (nSPS) is 12.2. The molecule has 2 aromatic rings. The summed E-state index contributed by atoms with van der Waals surface area (Å²) in [4.78, 5) is 12.6. The Balaban J connectivity index is 2.11. The van der Waals surface area contributed by atoms with E-state index in [1.54, 1.807) is 12.1 Å². The van der Waals surface area contributed by atoms with E-state index in [2.05, 4.69) is 29.0 Å². The molecule has 2 aromatic carbocycles. The highest BCUT2D eigenvalue weighted by Crippen LogP contribution is 2.26. The predicted octanol–water partition coefficient (Wildman–Crippen LogP) is 6.56. The average Bonchev–Trinajstić information content (AvgIpc) is 2.77. The van der Waals surface area contributed by atoms with E-state index in [4.69, 9.17) is 0 Å². The van der Waals surface area contributed by atoms with Crippen LogP contribution in [0.25, 0.3) is 0 Å². The topological polar surface area (TPSA) is 91.3 Å². The van der Waals surface area contributed by atoms with Gasteiger partial charge in [-0.2, -0.15) is 10.2 Å². The summed E-state index contributed by atoms with van der Waals surface area (Å²) >= 11 is 0. The Morgan fingerprint density at radius 3 is 2.00 bits per heavy atom. The van der Waals surface area contributed by atoms with Crippen molar-refractivity contribution in [2.45, 2.75) is 58.4 Å². The molecule has 1 atom stereocenters. The van der Waals surface area contributed by atoms with Crippen LogP contribution in [0.3, 0.4) is 0 Å². The lowest BCUT2D eigenvalue weighted by Gasteiger charge is -2.33. The molecule has 1 unspecified atom stereocenters. The van der Waals surface area contributed by atoms with E-state index < -0.39 is 4.92 Å². The molecular formula is C23H32N4O3. The minimum atomic E-state index is -0.438. The molecule has 7 heteroatoms. The van der Waals surface area contributed by atoms with Crippen LogP contribution in [0, 0.1) is 10.1 Å². The zero-order chi connectivity index (χ0) is 21.8. The molecular weight excluding hydrogens is 380 g/mol. The van der Waals surface area contributed by atoms with Gasteiger partial charge in [-0.05, 0) is 49.2 Å². The first kappa shape index (κ1) is 23.5. The zero-order valence-corrected chi connectivity index (χ0v) is 17.9. The molecule has 0 spiro atoms. The van der Waals surface area contributed by atoms with Gasteiger partial charge < -0.3 is 10.0 Å². The van der Waals surface area contributed by atoms with E-state index in [9.17, 15) is 15.2 Å². The van der Waals surface area contributed by atoms with Gasteiger partial charge in [-0.3, -0.25) is 10.1 Å². The van der Waals surface area contributed by atoms with Crippen LogP contribution in [0.4, 0.5) is 22.7 Å². The summed E-state index contributed by atoms with van der Waals surface area (Å²) in [6.07, 6.45) is 6.61. The molecule has 0 bridgehead atoms. The second-order valence-corrected chi connectivity index (χ2v) is 7.37. The number of hydrogen-bond acceptors (Lipinski definition) is 6. The van der Waals surface area contributed by atoms with Crippen molar-refractivity contribution in [3.05, 3.63) is 58.6 Å². The average molecular weight is 413 g/mol. The zero-order valence-electron chi connectivity index (χ0n) is 17.9. The van der Waals surface area contributed by atoms with Crippen molar-refractivity contribution in [1.82, 2.24) is 0 Å². The third kappa shape index (κ3) is 7.22. The van der Waals surface area contributed by atoms with Gasteiger partial charge in [0.15, 0.2) is 0 Å². The summed E-state index contributed by atoms with van der Waals surface area (Å²) in [5, 5.41) is 29.0. The largest absolute Gasteiger partial charge is 0.394 e. The lowest BCUT2D eigenvalue weighted by atomic mass is 10.1. The second kappa shape index (κ2) is 12.7. The van der Waals surface area contributed by atoms with E-state index in [0.717, 1.165) is 44.3 Å². The summed E-state index contributed by atoms with van der Waals surface area (Å²) in [6.45, 7) is 5.43. The van der Waals surface area contributed by atoms with Crippen LogP contribution in [-0.4, -0.2) is 29.2 Å². The van der Waals surface area contributed by atoms with Gasteiger partial charge in [0.1, 0.15) is 0 Å². The summed E-state index contributed by atoms with van der Waals surface area (Å²) in [7, 11) is 0. The number of non-ortho nitro benzene ring substituents is 1. The molecule has 0 heterocycles. The van der Waals surface area contributed by atoms with Gasteiger partial charge in [-0.25, -0.2) is 0 Å². The number of rotatable bonds is 13. The Hall–Kier alpha value is -2.80. The van der Waals surface area contributed by atoms with Crippen molar-refractivity contribution in [3.8, 4) is 0 Å². The van der Waals surface area contributed by atoms with Crippen molar-refractivity contribution >= 4 is 22.7 Å². The Kier molecular flexibility index (Phi) is 9.94. The van der Waals surface area contributed by atoms with Gasteiger partial charge >= 0.3 is 0 Å². The first-order valence-corrected chi connectivity index (χ1v) is 10.7. The Bertz CT molecular complexity index is 791. The molecule has 30 heavy (non-hydrogen) atoms. The predicted molar refractivity (Wildman–Crippen MR) is 121 cm³/mol. The molecule has 0 aliphatic rings. The van der Waals surface area contributed by atoms with E-state index in [-0.39, 0.29) is 18.3 Å². The van der Waals surface area contributed by atoms with Crippen LogP contribution in [0.1, 0.15) is 52.4 Å². The van der Waals surface area contributed by atoms with Gasteiger partial charge in [-0.15, -0.1) is 0 Å². The number of hydrogen-bond donors (Lipinski definition) is 1. The lowest BCUT2D eigenvalue weighted by Crippen LogP contribution is -2.38. The van der Waals surface area contributed by atoms with Crippen LogP contribution in [0.5, 0.6) is 0 Å². The standard InChI is InChI=1S/C23H32N4O3/c1-3-5-7-17-26(23(18-28)8-6-4-2)21-13-9-19(10-14-21)24-25-20-11-15-22(16-12-20)27(29)30/h9-16,23,28H,3-8,17-18H2,1-2H3/b25-24+. The molecule has 0 radical (unpaired) electrons. The smallest absolute Gasteiger partial charge is 0.269 e. The maximum atomic E-state index is 10.7. The van der Waals surface area contributed by atoms with E-state index in [1.165, 1.54) is 18.6 Å². The SMILES string of the molecule is CCCCCN(c1ccc(/N=N/c2ccc([N+](=O)[O-])cc2)cc1)C(CO)CCCC. The van der Waals surface area contributed by atoms with Crippen LogP contribution in [-0.2, 0) is 0 Å². The van der Waals surface area contributed by atoms with Gasteiger partial charge in [-0.1, -0.05) is 39.5 Å². The van der Waals surface area contributed by atoms with Crippen LogP contribution < -0.4 is 4.90 Å². The van der Waals surface area contributed by atoms with Crippen molar-refractivity contribution < 1.29 is 10.0 Å². The van der Waals surface area contributed by atoms with E-state index in [1.807, 2.05) is 24.3 Å². The minimum absolute atomic E-state index is 0.0305. The summed E-state index contributed by atoms with van der Waals surface area (Å²) in [5.41, 5.74) is 2.38. The first-order chi connectivity index (χ1) is 14.6. The van der Waals surface area contributed by atoms with Gasteiger partial charge in [0.25, 0.3) is 5.69 Å². The molecule has 7 nitrogen and oxygen atoms in total. The number of nitrogens with zero attached hydrogens (tertiary/aromatic N) is 4. The van der Waals surface area contributed by atoms with E-state index in [0.29, 0.717) is 11.4 Å². The van der Waals surface area contributed by atoms with Crippen LogP contribution >= 0.6 is 0 Å². The van der Waals surface area contributed by atoms with Crippen molar-refractivity contribution in [2.75, 3.05) is 18.1 Å². The highest BCUT2D eigenvalue weighted by molar-refractivity contribution is 5.54. The van der Waals surface area contributed by atoms with E-state index >= 15 is 0 Å².